The summed E-state index contributed by atoms with van der Waals surface area (Å²) >= 11 is 0. The first-order chi connectivity index (χ1) is 40.0. The lowest BCUT2D eigenvalue weighted by Crippen LogP contribution is -2.35. The molecule has 0 spiro atoms. The van der Waals surface area contributed by atoms with Crippen LogP contribution in [0, 0.1) is 41.9 Å². The molecule has 450 valence electrons. The summed E-state index contributed by atoms with van der Waals surface area (Å²) in [6, 6.07) is 15.2. The maximum Gasteiger partial charge on any atom is 0.309 e. The van der Waals surface area contributed by atoms with Gasteiger partial charge in [0.25, 0.3) is 0 Å². The monoisotopic (exact) mass is 1120 g/mol. The fourth-order valence-corrected chi connectivity index (χ4v) is 13.0. The first-order valence-corrected chi connectivity index (χ1v) is 33.0. The predicted octanol–water partition coefficient (Wildman–Crippen LogP) is 20.1. The molecule has 0 amide bonds. The number of aryl methyl sites for hydroxylation is 1. The summed E-state index contributed by atoms with van der Waals surface area (Å²) in [5, 5.41) is 31.3. The minimum Gasteiger partial charge on any atom is -0.497 e. The average molecular weight is 1120 g/mol. The molecule has 2 aliphatic rings. The number of nitriles is 1. The van der Waals surface area contributed by atoms with Crippen LogP contribution >= 0.6 is 0 Å². The highest BCUT2D eigenvalue weighted by Gasteiger charge is 2.51. The van der Waals surface area contributed by atoms with Crippen LogP contribution in [0.4, 0.5) is 11.4 Å². The number of fused-ring (bicyclic) bond motifs is 2. The minimum atomic E-state index is -0.871. The third-order valence-corrected chi connectivity index (χ3v) is 17.7. The Morgan fingerprint density at radius 1 is 0.622 bits per heavy atom. The van der Waals surface area contributed by atoms with Gasteiger partial charge in [-0.2, -0.15) is 9.84 Å². The van der Waals surface area contributed by atoms with E-state index in [1.165, 1.54) is 179 Å². The van der Waals surface area contributed by atoms with Crippen LogP contribution in [0.15, 0.2) is 72.0 Å². The van der Waals surface area contributed by atoms with Crippen LogP contribution in [0.1, 0.15) is 288 Å². The van der Waals surface area contributed by atoms with Gasteiger partial charge in [-0.1, -0.05) is 225 Å². The van der Waals surface area contributed by atoms with Crippen molar-refractivity contribution in [1.82, 2.24) is 0 Å². The second-order valence-electron chi connectivity index (χ2n) is 23.9. The van der Waals surface area contributed by atoms with Crippen molar-refractivity contribution in [2.75, 3.05) is 25.1 Å². The SMILES string of the molecule is CC#CCCC1(CCCCCCCCCCCCCCCCCC)C(/C=C/C(C#N)=C/C=C2/N(CCC(=O)O)c3ccc(OC)cc3C2(CC#CC)CCCCCCCCCCCCCCCCC)=[N+](CCC(=O)O)c2ccc(C)cc21. The topological polar surface area (TPSA) is 114 Å². The number of unbranched alkanes of at least 4 members (excludes halogenated alkanes) is 29. The summed E-state index contributed by atoms with van der Waals surface area (Å²) in [4.78, 5) is 26.8. The largest absolute Gasteiger partial charge is 0.497 e. The number of carboxylic acids is 2. The average Bonchev–Trinajstić information content (AvgIpc) is 2.82. The predicted molar refractivity (Wildman–Crippen MR) is 345 cm³/mol. The van der Waals surface area contributed by atoms with E-state index in [0.29, 0.717) is 25.0 Å². The number of aliphatic carboxylic acids is 2. The molecule has 2 atom stereocenters. The van der Waals surface area contributed by atoms with Crippen molar-refractivity contribution in [1.29, 1.82) is 5.26 Å². The highest BCUT2D eigenvalue weighted by atomic mass is 16.5. The van der Waals surface area contributed by atoms with E-state index in [9.17, 15) is 25.1 Å². The molecule has 0 fully saturated rings. The Morgan fingerprint density at radius 3 is 1.60 bits per heavy atom. The van der Waals surface area contributed by atoms with Crippen molar-refractivity contribution in [2.45, 2.75) is 289 Å². The molecular formula is C74H110N3O5+. The maximum atomic E-state index is 12.3. The van der Waals surface area contributed by atoms with Crippen LogP contribution in [-0.2, 0) is 20.4 Å². The summed E-state index contributed by atoms with van der Waals surface area (Å²) in [6.07, 6.45) is 51.7. The molecule has 2 unspecified atom stereocenters. The molecule has 0 saturated carbocycles. The number of carboxylic acid groups (broad SMARTS) is 2. The summed E-state index contributed by atoms with van der Waals surface area (Å²) in [6.45, 7) is 11.0. The second kappa shape index (κ2) is 40.7. The Bertz CT molecular complexity index is 2520. The number of rotatable bonds is 46. The molecular weight excluding hydrogens is 1010 g/mol. The molecule has 0 saturated heterocycles. The number of carbonyl (C=O) groups is 2. The smallest absolute Gasteiger partial charge is 0.309 e. The molecule has 8 nitrogen and oxygen atoms in total. The van der Waals surface area contributed by atoms with E-state index < -0.39 is 22.8 Å². The quantitative estimate of drug-likeness (QED) is 0.0223. The van der Waals surface area contributed by atoms with Crippen molar-refractivity contribution in [3.05, 3.63) is 88.7 Å². The molecule has 2 aliphatic heterocycles. The zero-order valence-electron chi connectivity index (χ0n) is 52.5. The third kappa shape index (κ3) is 22.9. The Labute approximate surface area is 499 Å². The van der Waals surface area contributed by atoms with E-state index in [1.54, 1.807) is 7.11 Å². The Balaban J connectivity index is 1.64. The number of anilines is 1. The van der Waals surface area contributed by atoms with Gasteiger partial charge in [0.2, 0.25) is 5.69 Å². The molecule has 0 radical (unpaired) electrons. The molecule has 82 heavy (non-hydrogen) atoms. The number of nitrogens with zero attached hydrogens (tertiary/aromatic N) is 3. The van der Waals surface area contributed by atoms with E-state index >= 15 is 0 Å². The van der Waals surface area contributed by atoms with Gasteiger partial charge in [0.15, 0.2) is 12.3 Å². The van der Waals surface area contributed by atoms with Crippen LogP contribution in [-0.4, -0.2) is 52.6 Å². The first-order valence-electron chi connectivity index (χ1n) is 33.0. The minimum absolute atomic E-state index is 0.0266. The van der Waals surface area contributed by atoms with Crippen LogP contribution in [0.25, 0.3) is 0 Å². The summed E-state index contributed by atoms with van der Waals surface area (Å²) < 4.78 is 8.06. The van der Waals surface area contributed by atoms with Gasteiger partial charge in [0.05, 0.1) is 30.6 Å². The molecule has 4 rings (SSSR count). The number of ether oxygens (including phenoxy) is 1. The number of methoxy groups -OCH3 is 1. The van der Waals surface area contributed by atoms with E-state index in [4.69, 9.17) is 4.74 Å². The number of hydrogen-bond acceptors (Lipinski definition) is 5. The van der Waals surface area contributed by atoms with Gasteiger partial charge in [-0.25, -0.2) is 0 Å². The Morgan fingerprint density at radius 2 is 1.12 bits per heavy atom. The molecule has 0 bridgehead atoms. The third-order valence-electron chi connectivity index (χ3n) is 17.7. The molecule has 2 heterocycles. The Hall–Kier alpha value is -5.52. The van der Waals surface area contributed by atoms with Gasteiger partial charge in [0, 0.05) is 53.9 Å². The number of hydrogen-bond donors (Lipinski definition) is 2. The summed E-state index contributed by atoms with van der Waals surface area (Å²) in [5.74, 6) is 12.2. The molecule has 2 N–H and O–H groups in total. The van der Waals surface area contributed by atoms with Crippen LogP contribution in [0.3, 0.4) is 0 Å². The van der Waals surface area contributed by atoms with Crippen LogP contribution in [0.2, 0.25) is 0 Å². The summed E-state index contributed by atoms with van der Waals surface area (Å²) in [7, 11) is 1.68. The van der Waals surface area contributed by atoms with Gasteiger partial charge < -0.3 is 19.8 Å². The molecule has 2 aromatic rings. The van der Waals surface area contributed by atoms with E-state index in [0.717, 1.165) is 84.6 Å². The fraction of sp³-hybridized carbons (Fsp3) is 0.649. The zero-order valence-corrected chi connectivity index (χ0v) is 52.5. The zero-order chi connectivity index (χ0) is 59.1. The molecule has 8 heteroatoms. The number of benzene rings is 2. The normalized spacial score (nSPS) is 17.0. The van der Waals surface area contributed by atoms with Crippen LogP contribution in [0.5, 0.6) is 5.75 Å². The van der Waals surface area contributed by atoms with E-state index in [-0.39, 0.29) is 19.4 Å². The molecule has 2 aromatic carbocycles. The van der Waals surface area contributed by atoms with Crippen molar-refractivity contribution in [3.63, 3.8) is 0 Å². The first kappa shape index (κ1) is 69.0. The lowest BCUT2D eigenvalue weighted by atomic mass is 9.70. The number of allylic oxidation sites excluding steroid dienone is 6. The van der Waals surface area contributed by atoms with E-state index in [1.807, 2.05) is 32.1 Å². The van der Waals surface area contributed by atoms with Gasteiger partial charge in [-0.05, 0) is 88.1 Å². The van der Waals surface area contributed by atoms with Gasteiger partial charge in [0.1, 0.15) is 12.2 Å². The van der Waals surface area contributed by atoms with Gasteiger partial charge >= 0.3 is 11.9 Å². The van der Waals surface area contributed by atoms with Crippen molar-refractivity contribution in [2.24, 2.45) is 0 Å². The van der Waals surface area contributed by atoms with Crippen molar-refractivity contribution in [3.8, 4) is 35.5 Å². The molecule has 0 aromatic heterocycles. The Kier molecular flexibility index (Phi) is 34.2. The van der Waals surface area contributed by atoms with E-state index in [2.05, 4.69) is 102 Å². The van der Waals surface area contributed by atoms with Crippen LogP contribution < -0.4 is 9.64 Å². The lowest BCUT2D eigenvalue weighted by Gasteiger charge is -2.33. The van der Waals surface area contributed by atoms with Crippen molar-refractivity contribution < 1.29 is 29.1 Å². The highest BCUT2D eigenvalue weighted by Crippen LogP contribution is 2.54. The fourth-order valence-electron chi connectivity index (χ4n) is 13.0. The van der Waals surface area contributed by atoms with Gasteiger partial charge in [-0.3, -0.25) is 9.59 Å². The van der Waals surface area contributed by atoms with Crippen molar-refractivity contribution >= 4 is 29.0 Å². The maximum absolute atomic E-state index is 12.3. The standard InChI is InChI=1S/C74H109N3O5/c1-7-11-15-17-19-21-23-25-27-29-31-33-35-37-39-42-56-74(54-40-13-9-3)65-59-62(5)43-47-67(65)76(57-51-71(78)79)70(74)50-45-63(61-75)44-49-69-73(53-14-10-4,66-60-64(82-6)46-48-68(66)77(69)58-52-72(80)81)55-41-38-36-34-32-30-28-26-24-22-20-18-16-12-8-2/h43-50,59-60H,7-8,11-12,15-42,51-58H2,1-6H3,(H-,78,79,80,81)/p+1. The highest BCUT2D eigenvalue weighted by molar-refractivity contribution is 6.04. The molecule has 0 aliphatic carbocycles. The summed E-state index contributed by atoms with van der Waals surface area (Å²) in [5.41, 5.74) is 6.85. The second-order valence-corrected chi connectivity index (χ2v) is 23.9. The lowest BCUT2D eigenvalue weighted by molar-refractivity contribution is -0.436. The van der Waals surface area contributed by atoms with Gasteiger partial charge in [-0.15, -0.1) is 23.7 Å².